The zero-order valence-corrected chi connectivity index (χ0v) is 11.6. The van der Waals surface area contributed by atoms with Crippen molar-refractivity contribution in [2.45, 2.75) is 44.3 Å². The predicted octanol–water partition coefficient (Wildman–Crippen LogP) is 1.53. The van der Waals surface area contributed by atoms with E-state index >= 15 is 0 Å². The molecule has 2 heterocycles. The largest absolute Gasteiger partial charge is 0.478 e. The number of carbonyl (C=O) groups excluding carboxylic acids is 1. The summed E-state index contributed by atoms with van der Waals surface area (Å²) in [6.07, 6.45) is 5.53. The Bertz CT molecular complexity index is 322. The summed E-state index contributed by atoms with van der Waals surface area (Å²) in [5.41, 5.74) is 0. The average molecular weight is 286 g/mol. The highest BCUT2D eigenvalue weighted by atomic mass is 16.6. The van der Waals surface area contributed by atoms with Crippen LogP contribution in [0.25, 0.3) is 0 Å². The topological polar surface area (TPSA) is 82.1 Å². The van der Waals surface area contributed by atoms with Gasteiger partial charge in [0.15, 0.2) is 6.10 Å². The van der Waals surface area contributed by atoms with Crippen molar-refractivity contribution in [3.05, 3.63) is 12.7 Å². The van der Waals surface area contributed by atoms with Crippen molar-refractivity contribution < 1.29 is 28.9 Å². The zero-order chi connectivity index (χ0) is 14.8. The SMILES string of the molecule is C=CC(=O)O.O=C1OCCCCC1OCC1CCCO1. The van der Waals surface area contributed by atoms with E-state index in [1.807, 2.05) is 0 Å². The lowest BCUT2D eigenvalue weighted by Gasteiger charge is -2.16. The average Bonchev–Trinajstić information content (AvgIpc) is 2.87. The third kappa shape index (κ3) is 6.68. The maximum absolute atomic E-state index is 11.4. The second kappa shape index (κ2) is 9.50. The first-order valence-electron chi connectivity index (χ1n) is 6.88. The van der Waals surface area contributed by atoms with Crippen LogP contribution in [-0.4, -0.2) is 49.1 Å². The number of cyclic esters (lactones) is 1. The molecule has 0 spiro atoms. The lowest BCUT2D eigenvalue weighted by Crippen LogP contribution is -2.28. The highest BCUT2D eigenvalue weighted by Gasteiger charge is 2.25. The van der Waals surface area contributed by atoms with Crippen molar-refractivity contribution in [3.8, 4) is 0 Å². The Kier molecular flexibility index (Phi) is 7.91. The summed E-state index contributed by atoms with van der Waals surface area (Å²) in [6, 6.07) is 0. The molecular weight excluding hydrogens is 264 g/mol. The maximum Gasteiger partial charge on any atom is 0.335 e. The summed E-state index contributed by atoms with van der Waals surface area (Å²) in [6.45, 7) is 4.85. The van der Waals surface area contributed by atoms with Crippen molar-refractivity contribution in [1.82, 2.24) is 0 Å². The smallest absolute Gasteiger partial charge is 0.335 e. The van der Waals surface area contributed by atoms with Crippen LogP contribution in [0.15, 0.2) is 12.7 Å². The fourth-order valence-corrected chi connectivity index (χ4v) is 1.97. The van der Waals surface area contributed by atoms with Gasteiger partial charge in [0, 0.05) is 12.7 Å². The van der Waals surface area contributed by atoms with Crippen molar-refractivity contribution in [3.63, 3.8) is 0 Å². The van der Waals surface area contributed by atoms with Gasteiger partial charge in [-0.05, 0) is 32.1 Å². The van der Waals surface area contributed by atoms with E-state index in [2.05, 4.69) is 6.58 Å². The van der Waals surface area contributed by atoms with Gasteiger partial charge in [-0.2, -0.15) is 0 Å². The van der Waals surface area contributed by atoms with Gasteiger partial charge in [0.2, 0.25) is 0 Å². The minimum atomic E-state index is -0.981. The molecule has 0 aromatic rings. The molecule has 0 saturated carbocycles. The van der Waals surface area contributed by atoms with Crippen molar-refractivity contribution in [2.24, 2.45) is 0 Å². The number of hydrogen-bond donors (Lipinski definition) is 1. The molecule has 0 radical (unpaired) electrons. The van der Waals surface area contributed by atoms with Crippen LogP contribution in [0.5, 0.6) is 0 Å². The summed E-state index contributed by atoms with van der Waals surface area (Å²) >= 11 is 0. The number of ether oxygens (including phenoxy) is 3. The predicted molar refractivity (Wildman–Crippen MR) is 71.4 cm³/mol. The van der Waals surface area contributed by atoms with Gasteiger partial charge in [-0.1, -0.05) is 6.58 Å². The van der Waals surface area contributed by atoms with E-state index in [-0.39, 0.29) is 18.2 Å². The van der Waals surface area contributed by atoms with Crippen LogP contribution in [0.1, 0.15) is 32.1 Å². The van der Waals surface area contributed by atoms with Gasteiger partial charge in [0.1, 0.15) is 0 Å². The number of esters is 1. The minimum absolute atomic E-state index is 0.182. The lowest BCUT2D eigenvalue weighted by molar-refractivity contribution is -0.157. The standard InChI is InChI=1S/C11H18O4.C3H4O2/c12-11-10(5-1-2-6-14-11)15-8-9-4-3-7-13-9;1-2-3(4)5/h9-10H,1-8H2;2H,1H2,(H,4,5). The molecule has 2 rings (SSSR count). The first kappa shape index (κ1) is 16.7. The highest BCUT2D eigenvalue weighted by Crippen LogP contribution is 2.16. The number of carboxylic acids is 1. The molecule has 6 nitrogen and oxygen atoms in total. The Morgan fingerprint density at radius 1 is 1.35 bits per heavy atom. The van der Waals surface area contributed by atoms with E-state index < -0.39 is 5.97 Å². The van der Waals surface area contributed by atoms with E-state index in [1.165, 1.54) is 0 Å². The molecular formula is C14H22O6. The monoisotopic (exact) mass is 286 g/mol. The van der Waals surface area contributed by atoms with Crippen LogP contribution in [0.3, 0.4) is 0 Å². The molecule has 0 aliphatic carbocycles. The van der Waals surface area contributed by atoms with Gasteiger partial charge in [-0.25, -0.2) is 9.59 Å². The van der Waals surface area contributed by atoms with E-state index in [4.69, 9.17) is 19.3 Å². The van der Waals surface area contributed by atoms with Gasteiger partial charge in [0.05, 0.1) is 19.3 Å². The van der Waals surface area contributed by atoms with Crippen LogP contribution in [0.2, 0.25) is 0 Å². The number of carboxylic acid groups (broad SMARTS) is 1. The number of aliphatic carboxylic acids is 1. The molecule has 6 heteroatoms. The lowest BCUT2D eigenvalue weighted by atomic mass is 10.2. The molecule has 1 N–H and O–H groups in total. The Morgan fingerprint density at radius 3 is 2.70 bits per heavy atom. The normalized spacial score (nSPS) is 25.9. The fraction of sp³-hybridized carbons (Fsp3) is 0.714. The molecule has 0 bridgehead atoms. The Hall–Kier alpha value is -1.40. The summed E-state index contributed by atoms with van der Waals surface area (Å²) in [5.74, 6) is -1.18. The quantitative estimate of drug-likeness (QED) is 0.623. The van der Waals surface area contributed by atoms with Crippen LogP contribution in [0, 0.1) is 0 Å². The maximum atomic E-state index is 11.4. The van der Waals surface area contributed by atoms with Gasteiger partial charge >= 0.3 is 11.9 Å². The zero-order valence-electron chi connectivity index (χ0n) is 11.6. The van der Waals surface area contributed by atoms with E-state index in [0.29, 0.717) is 13.2 Å². The molecule has 114 valence electrons. The molecule has 0 aromatic carbocycles. The Morgan fingerprint density at radius 2 is 2.10 bits per heavy atom. The van der Waals surface area contributed by atoms with Crippen molar-refractivity contribution in [1.29, 1.82) is 0 Å². The van der Waals surface area contributed by atoms with Gasteiger partial charge < -0.3 is 19.3 Å². The second-order valence-electron chi connectivity index (χ2n) is 4.66. The molecule has 2 fully saturated rings. The fourth-order valence-electron chi connectivity index (χ4n) is 1.97. The molecule has 0 amide bonds. The molecule has 2 aliphatic heterocycles. The number of rotatable bonds is 4. The number of carbonyl (C=O) groups is 2. The van der Waals surface area contributed by atoms with E-state index in [1.54, 1.807) is 0 Å². The first-order chi connectivity index (χ1) is 9.63. The molecule has 2 aliphatic rings. The molecule has 20 heavy (non-hydrogen) atoms. The van der Waals surface area contributed by atoms with E-state index in [9.17, 15) is 9.59 Å². The third-order valence-corrected chi connectivity index (χ3v) is 3.05. The van der Waals surface area contributed by atoms with Gasteiger partial charge in [0.25, 0.3) is 0 Å². The van der Waals surface area contributed by atoms with Crippen LogP contribution >= 0.6 is 0 Å². The second-order valence-corrected chi connectivity index (χ2v) is 4.66. The summed E-state index contributed by atoms with van der Waals surface area (Å²) in [4.78, 5) is 20.7. The van der Waals surface area contributed by atoms with Crippen LogP contribution < -0.4 is 0 Å². The molecule has 2 atom stereocenters. The van der Waals surface area contributed by atoms with Gasteiger partial charge in [-0.3, -0.25) is 0 Å². The molecule has 2 saturated heterocycles. The molecule has 0 aromatic heterocycles. The van der Waals surface area contributed by atoms with Crippen LogP contribution in [-0.2, 0) is 23.8 Å². The number of hydrogen-bond acceptors (Lipinski definition) is 5. The first-order valence-corrected chi connectivity index (χ1v) is 6.88. The van der Waals surface area contributed by atoms with Crippen molar-refractivity contribution >= 4 is 11.9 Å². The van der Waals surface area contributed by atoms with Crippen molar-refractivity contribution in [2.75, 3.05) is 19.8 Å². The highest BCUT2D eigenvalue weighted by molar-refractivity contribution is 5.78. The Labute approximate surface area is 118 Å². The summed E-state index contributed by atoms with van der Waals surface area (Å²) in [5, 5.41) is 7.60. The van der Waals surface area contributed by atoms with Crippen LogP contribution in [0.4, 0.5) is 0 Å². The summed E-state index contributed by atoms with van der Waals surface area (Å²) < 4.78 is 16.0. The molecule has 2 unspecified atom stereocenters. The van der Waals surface area contributed by atoms with E-state index in [0.717, 1.165) is 44.8 Å². The third-order valence-electron chi connectivity index (χ3n) is 3.05. The summed E-state index contributed by atoms with van der Waals surface area (Å²) in [7, 11) is 0. The Balaban J connectivity index is 0.000000347. The van der Waals surface area contributed by atoms with Gasteiger partial charge in [-0.15, -0.1) is 0 Å². The minimum Gasteiger partial charge on any atom is -0.478 e.